The van der Waals surface area contributed by atoms with E-state index in [2.05, 4.69) is 4.90 Å². The van der Waals surface area contributed by atoms with E-state index in [0.29, 0.717) is 36.8 Å². The summed E-state index contributed by atoms with van der Waals surface area (Å²) < 4.78 is 13.1. The van der Waals surface area contributed by atoms with Gasteiger partial charge >= 0.3 is 0 Å². The number of hydrogen-bond donors (Lipinski definition) is 0. The van der Waals surface area contributed by atoms with Crippen LogP contribution in [0.25, 0.3) is 0 Å². The van der Waals surface area contributed by atoms with E-state index in [-0.39, 0.29) is 23.5 Å². The highest BCUT2D eigenvalue weighted by molar-refractivity contribution is 6.30. The number of hydrogen-bond acceptors (Lipinski definition) is 3. The molecule has 0 bridgehead atoms. The van der Waals surface area contributed by atoms with Gasteiger partial charge in [-0.05, 0) is 55.3 Å². The van der Waals surface area contributed by atoms with E-state index >= 15 is 0 Å². The third-order valence-corrected chi connectivity index (χ3v) is 6.15. The third kappa shape index (κ3) is 4.59. The van der Waals surface area contributed by atoms with Crippen LogP contribution in [0.2, 0.25) is 5.02 Å². The zero-order chi connectivity index (χ0) is 21.1. The Morgan fingerprint density at radius 3 is 2.37 bits per heavy atom. The van der Waals surface area contributed by atoms with Gasteiger partial charge in [0.2, 0.25) is 5.91 Å². The highest BCUT2D eigenvalue weighted by Crippen LogP contribution is 2.24. The Bertz CT molecular complexity index is 913. The third-order valence-electron chi connectivity index (χ3n) is 5.91. The van der Waals surface area contributed by atoms with Crippen LogP contribution in [0.1, 0.15) is 23.2 Å². The minimum Gasteiger partial charge on any atom is -0.368 e. The molecule has 0 radical (unpaired) electrons. The summed E-state index contributed by atoms with van der Waals surface area (Å²) in [5, 5.41) is 0.708. The van der Waals surface area contributed by atoms with Crippen molar-refractivity contribution >= 4 is 29.1 Å². The van der Waals surface area contributed by atoms with Gasteiger partial charge in [0.05, 0.1) is 5.92 Å². The highest BCUT2D eigenvalue weighted by Gasteiger charge is 2.33. The van der Waals surface area contributed by atoms with E-state index in [0.717, 1.165) is 31.6 Å². The number of nitrogens with zero attached hydrogens (tertiary/aromatic N) is 3. The van der Waals surface area contributed by atoms with Crippen molar-refractivity contribution in [3.63, 3.8) is 0 Å². The van der Waals surface area contributed by atoms with Gasteiger partial charge in [0, 0.05) is 55.5 Å². The standard InChI is InChI=1S/C23H25ClFN3O2/c24-19-4-1-5-21(15-19)26-11-13-27(14-12-26)23(30)18-3-2-10-28(16-18)22(29)17-6-8-20(25)9-7-17/h1,4-9,15,18H,2-3,10-14,16H2. The first-order chi connectivity index (χ1) is 14.5. The second-order valence-corrected chi connectivity index (χ2v) is 8.33. The molecule has 0 N–H and O–H groups in total. The van der Waals surface area contributed by atoms with E-state index in [1.807, 2.05) is 29.2 Å². The molecule has 2 fully saturated rings. The molecule has 30 heavy (non-hydrogen) atoms. The molecule has 0 aromatic heterocycles. The number of carbonyl (C=O) groups excluding carboxylic acids is 2. The zero-order valence-electron chi connectivity index (χ0n) is 16.8. The van der Waals surface area contributed by atoms with Crippen LogP contribution in [-0.2, 0) is 4.79 Å². The number of amides is 2. The molecule has 158 valence electrons. The van der Waals surface area contributed by atoms with Gasteiger partial charge in [-0.2, -0.15) is 0 Å². The Hall–Kier alpha value is -2.60. The van der Waals surface area contributed by atoms with Gasteiger partial charge < -0.3 is 14.7 Å². The maximum absolute atomic E-state index is 13.1. The van der Waals surface area contributed by atoms with E-state index in [1.165, 1.54) is 24.3 Å². The molecule has 1 atom stereocenters. The molecule has 7 heteroatoms. The van der Waals surface area contributed by atoms with Gasteiger partial charge in [0.1, 0.15) is 5.82 Å². The summed E-state index contributed by atoms with van der Waals surface area (Å²) in [4.78, 5) is 31.7. The molecule has 0 saturated carbocycles. The normalized spacial score (nSPS) is 19.7. The predicted octanol–water partition coefficient (Wildman–Crippen LogP) is 3.68. The van der Waals surface area contributed by atoms with Crippen LogP contribution in [0.15, 0.2) is 48.5 Å². The van der Waals surface area contributed by atoms with E-state index in [1.54, 1.807) is 4.90 Å². The average Bonchev–Trinajstić information content (AvgIpc) is 2.79. The fourth-order valence-electron chi connectivity index (χ4n) is 4.25. The van der Waals surface area contributed by atoms with Gasteiger partial charge in [0.25, 0.3) is 5.91 Å². The summed E-state index contributed by atoms with van der Waals surface area (Å²) in [6.07, 6.45) is 1.59. The summed E-state index contributed by atoms with van der Waals surface area (Å²) >= 11 is 6.09. The summed E-state index contributed by atoms with van der Waals surface area (Å²) in [6.45, 7) is 3.89. The second kappa shape index (κ2) is 9.04. The average molecular weight is 430 g/mol. The van der Waals surface area contributed by atoms with Crippen LogP contribution in [0.3, 0.4) is 0 Å². The highest BCUT2D eigenvalue weighted by atomic mass is 35.5. The van der Waals surface area contributed by atoms with Crippen LogP contribution in [0, 0.1) is 11.7 Å². The number of benzene rings is 2. The van der Waals surface area contributed by atoms with Crippen molar-refractivity contribution in [2.24, 2.45) is 5.92 Å². The van der Waals surface area contributed by atoms with Crippen molar-refractivity contribution in [1.29, 1.82) is 0 Å². The van der Waals surface area contributed by atoms with Crippen molar-refractivity contribution < 1.29 is 14.0 Å². The molecule has 2 aromatic rings. The lowest BCUT2D eigenvalue weighted by molar-refractivity contribution is -0.137. The molecule has 2 aliphatic heterocycles. The fourth-order valence-corrected chi connectivity index (χ4v) is 4.44. The minimum atomic E-state index is -0.366. The molecule has 2 aliphatic rings. The Balaban J connectivity index is 1.34. The van der Waals surface area contributed by atoms with E-state index in [9.17, 15) is 14.0 Å². The van der Waals surface area contributed by atoms with Gasteiger partial charge in [-0.25, -0.2) is 4.39 Å². The van der Waals surface area contributed by atoms with Crippen LogP contribution in [0.4, 0.5) is 10.1 Å². The minimum absolute atomic E-state index is 0.123. The number of likely N-dealkylation sites (tertiary alicyclic amines) is 1. The van der Waals surface area contributed by atoms with Gasteiger partial charge in [-0.1, -0.05) is 17.7 Å². The number of carbonyl (C=O) groups is 2. The molecule has 2 heterocycles. The smallest absolute Gasteiger partial charge is 0.253 e. The molecule has 5 nitrogen and oxygen atoms in total. The van der Waals surface area contributed by atoms with Crippen molar-refractivity contribution in [3.8, 4) is 0 Å². The largest absolute Gasteiger partial charge is 0.368 e. The van der Waals surface area contributed by atoms with Crippen LogP contribution >= 0.6 is 11.6 Å². The van der Waals surface area contributed by atoms with Gasteiger partial charge in [0.15, 0.2) is 0 Å². The summed E-state index contributed by atoms with van der Waals surface area (Å²) in [7, 11) is 0. The monoisotopic (exact) mass is 429 g/mol. The lowest BCUT2D eigenvalue weighted by Gasteiger charge is -2.39. The van der Waals surface area contributed by atoms with Crippen molar-refractivity contribution in [1.82, 2.24) is 9.80 Å². The zero-order valence-corrected chi connectivity index (χ0v) is 17.5. The van der Waals surface area contributed by atoms with Gasteiger partial charge in [-0.15, -0.1) is 0 Å². The lowest BCUT2D eigenvalue weighted by atomic mass is 9.95. The maximum Gasteiger partial charge on any atom is 0.253 e. The molecule has 1 unspecified atom stereocenters. The quantitative estimate of drug-likeness (QED) is 0.747. The topological polar surface area (TPSA) is 43.9 Å². The van der Waals surface area contributed by atoms with Crippen LogP contribution in [-0.4, -0.2) is 60.9 Å². The SMILES string of the molecule is O=C(c1ccc(F)cc1)N1CCCC(C(=O)N2CCN(c3cccc(Cl)c3)CC2)C1. The molecule has 2 amide bonds. The molecule has 0 aliphatic carbocycles. The molecule has 4 rings (SSSR count). The first-order valence-corrected chi connectivity index (χ1v) is 10.7. The van der Waals surface area contributed by atoms with E-state index in [4.69, 9.17) is 11.6 Å². The predicted molar refractivity (Wildman–Crippen MR) is 115 cm³/mol. The Kier molecular flexibility index (Phi) is 6.23. The molecular weight excluding hydrogens is 405 g/mol. The van der Waals surface area contributed by atoms with Crippen LogP contribution < -0.4 is 4.90 Å². The molecular formula is C23H25ClFN3O2. The number of piperidine rings is 1. The molecule has 2 aromatic carbocycles. The Labute approximate surface area is 181 Å². The van der Waals surface area contributed by atoms with Gasteiger partial charge in [-0.3, -0.25) is 9.59 Å². The number of halogens is 2. The summed E-state index contributed by atoms with van der Waals surface area (Å²) in [6, 6.07) is 13.3. The van der Waals surface area contributed by atoms with Crippen molar-refractivity contribution in [2.45, 2.75) is 12.8 Å². The number of rotatable bonds is 3. The lowest BCUT2D eigenvalue weighted by Crippen LogP contribution is -2.53. The number of anilines is 1. The van der Waals surface area contributed by atoms with Crippen LogP contribution in [0.5, 0.6) is 0 Å². The second-order valence-electron chi connectivity index (χ2n) is 7.89. The van der Waals surface area contributed by atoms with Crippen molar-refractivity contribution in [2.75, 3.05) is 44.2 Å². The summed E-state index contributed by atoms with van der Waals surface area (Å²) in [5.74, 6) is -0.563. The Morgan fingerprint density at radius 1 is 0.933 bits per heavy atom. The van der Waals surface area contributed by atoms with E-state index < -0.39 is 0 Å². The molecule has 0 spiro atoms. The first kappa shape index (κ1) is 20.7. The summed E-state index contributed by atoms with van der Waals surface area (Å²) in [5.41, 5.74) is 1.53. The Morgan fingerprint density at radius 2 is 1.67 bits per heavy atom. The van der Waals surface area contributed by atoms with Crippen molar-refractivity contribution in [3.05, 3.63) is 64.9 Å². The fraction of sp³-hybridized carbons (Fsp3) is 0.391. The maximum atomic E-state index is 13.1. The molecule has 2 saturated heterocycles. The number of piperazine rings is 1. The first-order valence-electron chi connectivity index (χ1n) is 10.4.